The highest BCUT2D eigenvalue weighted by Crippen LogP contribution is 2.27. The molecule has 0 saturated carbocycles. The van der Waals surface area contributed by atoms with Crippen LogP contribution in [0.15, 0.2) is 55.2 Å². The normalized spacial score (nSPS) is 17.8. The van der Waals surface area contributed by atoms with Crippen molar-refractivity contribution in [3.63, 3.8) is 0 Å². The quantitative estimate of drug-likeness (QED) is 0.546. The molecule has 8 nitrogen and oxygen atoms in total. The highest BCUT2D eigenvalue weighted by molar-refractivity contribution is 5.90. The van der Waals surface area contributed by atoms with Gasteiger partial charge in [-0.3, -0.25) is 9.59 Å². The molecule has 1 aliphatic rings. The third-order valence-corrected chi connectivity index (χ3v) is 5.82. The van der Waals surface area contributed by atoms with Crippen LogP contribution in [0.5, 0.6) is 0 Å². The summed E-state index contributed by atoms with van der Waals surface area (Å²) in [6.45, 7) is 7.38. The van der Waals surface area contributed by atoms with Crippen molar-refractivity contribution in [1.29, 1.82) is 0 Å². The Kier molecular flexibility index (Phi) is 7.58. The van der Waals surface area contributed by atoms with Crippen LogP contribution in [0.4, 0.5) is 0 Å². The number of likely N-dealkylation sites (tertiary alicyclic amines) is 1. The van der Waals surface area contributed by atoms with Gasteiger partial charge >= 0.3 is 0 Å². The van der Waals surface area contributed by atoms with Crippen molar-refractivity contribution >= 4 is 11.8 Å². The number of benzene rings is 1. The Morgan fingerprint density at radius 1 is 1.25 bits per heavy atom. The van der Waals surface area contributed by atoms with Crippen LogP contribution in [0.3, 0.4) is 0 Å². The molecule has 0 unspecified atom stereocenters. The maximum absolute atomic E-state index is 13.0. The molecule has 0 spiro atoms. The van der Waals surface area contributed by atoms with E-state index in [0.717, 1.165) is 16.8 Å². The van der Waals surface area contributed by atoms with Gasteiger partial charge < -0.3 is 20.4 Å². The monoisotopic (exact) mass is 438 g/mol. The molecule has 2 aromatic rings. The van der Waals surface area contributed by atoms with Crippen molar-refractivity contribution in [3.05, 3.63) is 60.8 Å². The van der Waals surface area contributed by atoms with Crippen LogP contribution in [0.25, 0.3) is 11.3 Å². The fourth-order valence-electron chi connectivity index (χ4n) is 4.14. The zero-order valence-corrected chi connectivity index (χ0v) is 18.4. The fourth-order valence-corrected chi connectivity index (χ4v) is 4.14. The van der Waals surface area contributed by atoms with E-state index in [0.29, 0.717) is 19.4 Å². The predicted octanol–water partition coefficient (Wildman–Crippen LogP) is 2.63. The molecule has 3 atom stereocenters. The summed E-state index contributed by atoms with van der Waals surface area (Å²) in [5, 5.41) is 22.7. The molecule has 0 radical (unpaired) electrons. The number of aliphatic hydroxyl groups excluding tert-OH is 2. The minimum absolute atomic E-state index is 0.136. The molecule has 2 amide bonds. The van der Waals surface area contributed by atoms with Crippen molar-refractivity contribution in [1.82, 2.24) is 20.2 Å². The van der Waals surface area contributed by atoms with Crippen molar-refractivity contribution < 1.29 is 19.8 Å². The number of rotatable bonds is 8. The summed E-state index contributed by atoms with van der Waals surface area (Å²) in [6, 6.07) is 7.97. The van der Waals surface area contributed by atoms with Gasteiger partial charge in [-0.25, -0.2) is 9.97 Å². The number of amides is 2. The van der Waals surface area contributed by atoms with Gasteiger partial charge in [0.05, 0.1) is 30.0 Å². The number of hydrogen-bond acceptors (Lipinski definition) is 6. The highest BCUT2D eigenvalue weighted by Gasteiger charge is 2.39. The summed E-state index contributed by atoms with van der Waals surface area (Å²) in [7, 11) is 0. The zero-order valence-electron chi connectivity index (χ0n) is 18.4. The van der Waals surface area contributed by atoms with Gasteiger partial charge in [0.2, 0.25) is 11.8 Å². The second-order valence-corrected chi connectivity index (χ2v) is 8.36. The van der Waals surface area contributed by atoms with Crippen LogP contribution in [-0.4, -0.2) is 56.1 Å². The van der Waals surface area contributed by atoms with E-state index in [-0.39, 0.29) is 30.1 Å². The van der Waals surface area contributed by atoms with Crippen LogP contribution in [0.2, 0.25) is 0 Å². The number of carbonyl (C=O) groups excluding carboxylic acids is 2. The average molecular weight is 439 g/mol. The van der Waals surface area contributed by atoms with Gasteiger partial charge in [0.25, 0.3) is 0 Å². The first-order valence-corrected chi connectivity index (χ1v) is 10.8. The third-order valence-electron chi connectivity index (χ3n) is 5.82. The molecule has 2 heterocycles. The first-order valence-electron chi connectivity index (χ1n) is 10.8. The molecular weight excluding hydrogens is 408 g/mol. The van der Waals surface area contributed by atoms with Crippen molar-refractivity contribution in [3.8, 4) is 11.3 Å². The van der Waals surface area contributed by atoms with E-state index in [2.05, 4.69) is 21.9 Å². The number of carbonyl (C=O) groups is 2. The molecular formula is C24H30N4O4. The molecule has 1 aliphatic heterocycles. The second-order valence-electron chi connectivity index (χ2n) is 8.36. The number of aromatic nitrogens is 2. The molecule has 3 rings (SSSR count). The average Bonchev–Trinajstić information content (AvgIpc) is 3.28. The number of nitrogens with one attached hydrogen (secondary N) is 1. The van der Waals surface area contributed by atoms with Gasteiger partial charge in [0.1, 0.15) is 12.4 Å². The lowest BCUT2D eigenvalue weighted by Gasteiger charge is -2.30. The Morgan fingerprint density at radius 2 is 1.97 bits per heavy atom. The predicted molar refractivity (Wildman–Crippen MR) is 120 cm³/mol. The Labute approximate surface area is 188 Å². The van der Waals surface area contributed by atoms with E-state index in [4.69, 9.17) is 0 Å². The topological polar surface area (TPSA) is 116 Å². The molecule has 0 bridgehead atoms. The van der Waals surface area contributed by atoms with E-state index in [9.17, 15) is 19.8 Å². The van der Waals surface area contributed by atoms with Crippen molar-refractivity contribution in [2.75, 3.05) is 13.2 Å². The second kappa shape index (κ2) is 10.4. The lowest BCUT2D eigenvalue weighted by Crippen LogP contribution is -2.49. The fraction of sp³-hybridized carbons (Fsp3) is 0.417. The van der Waals surface area contributed by atoms with Gasteiger partial charge in [-0.05, 0) is 30.4 Å². The van der Waals surface area contributed by atoms with Crippen LogP contribution in [0.1, 0.15) is 38.3 Å². The summed E-state index contributed by atoms with van der Waals surface area (Å²) >= 11 is 0. The third kappa shape index (κ3) is 5.13. The number of nitrogens with zero attached hydrogens (tertiary/aromatic N) is 3. The van der Waals surface area contributed by atoms with Gasteiger partial charge in [-0.1, -0.05) is 44.7 Å². The van der Waals surface area contributed by atoms with E-state index < -0.39 is 18.0 Å². The molecule has 1 saturated heterocycles. The van der Waals surface area contributed by atoms with Gasteiger partial charge in [0, 0.05) is 18.3 Å². The van der Waals surface area contributed by atoms with Crippen LogP contribution >= 0.6 is 0 Å². The summed E-state index contributed by atoms with van der Waals surface area (Å²) in [5.41, 5.74) is 2.43. The standard InChI is InChI=1S/C24H30N4O4/c1-15(2)22(16(3)30)24(32)28-12-4-5-21(28)23(31)27-20(13-29)18-8-6-17(7-9-18)19-10-11-25-14-26-19/h6-11,14-15,20-22,29-30H,3-5,12-13H2,1-2H3,(H,27,31)/t20-,21-,22+/m0/s1. The largest absolute Gasteiger partial charge is 0.512 e. The Balaban J connectivity index is 1.71. The SMILES string of the molecule is C=C(O)[C@H](C(=O)N1CCC[C@H]1C(=O)N[C@@H](CO)c1ccc(-c2ccncn2)cc1)C(C)C. The lowest BCUT2D eigenvalue weighted by molar-refractivity contribution is -0.142. The molecule has 170 valence electrons. The molecule has 8 heteroatoms. The van der Waals surface area contributed by atoms with E-state index >= 15 is 0 Å². The van der Waals surface area contributed by atoms with Crippen molar-refractivity contribution in [2.45, 2.75) is 38.8 Å². The minimum Gasteiger partial charge on any atom is -0.512 e. The summed E-state index contributed by atoms with van der Waals surface area (Å²) in [4.78, 5) is 35.7. The van der Waals surface area contributed by atoms with E-state index in [1.54, 1.807) is 12.3 Å². The maximum Gasteiger partial charge on any atom is 0.243 e. The Bertz CT molecular complexity index is 946. The van der Waals surface area contributed by atoms with Crippen LogP contribution < -0.4 is 5.32 Å². The number of aliphatic hydroxyl groups is 2. The van der Waals surface area contributed by atoms with Crippen LogP contribution in [0, 0.1) is 11.8 Å². The van der Waals surface area contributed by atoms with Gasteiger partial charge in [-0.2, -0.15) is 0 Å². The minimum atomic E-state index is -0.744. The highest BCUT2D eigenvalue weighted by atomic mass is 16.3. The summed E-state index contributed by atoms with van der Waals surface area (Å²) in [6.07, 6.45) is 4.37. The Morgan fingerprint density at radius 3 is 2.53 bits per heavy atom. The summed E-state index contributed by atoms with van der Waals surface area (Å²) in [5.74, 6) is -1.68. The smallest absolute Gasteiger partial charge is 0.243 e. The maximum atomic E-state index is 13.0. The molecule has 0 aliphatic carbocycles. The first kappa shape index (κ1) is 23.4. The summed E-state index contributed by atoms with van der Waals surface area (Å²) < 4.78 is 0. The zero-order chi connectivity index (χ0) is 23.3. The number of hydrogen-bond donors (Lipinski definition) is 3. The van der Waals surface area contributed by atoms with E-state index in [1.807, 2.05) is 38.1 Å². The lowest BCUT2D eigenvalue weighted by atomic mass is 9.92. The molecule has 3 N–H and O–H groups in total. The molecule has 1 fully saturated rings. The van der Waals surface area contributed by atoms with Gasteiger partial charge in [-0.15, -0.1) is 0 Å². The molecule has 1 aromatic heterocycles. The first-order chi connectivity index (χ1) is 15.3. The van der Waals surface area contributed by atoms with Crippen molar-refractivity contribution in [2.24, 2.45) is 11.8 Å². The Hall–Kier alpha value is -3.26. The molecule has 1 aromatic carbocycles. The van der Waals surface area contributed by atoms with Crippen LogP contribution in [-0.2, 0) is 9.59 Å². The molecule has 32 heavy (non-hydrogen) atoms. The van der Waals surface area contributed by atoms with E-state index in [1.165, 1.54) is 11.2 Å². The van der Waals surface area contributed by atoms with Gasteiger partial charge in [0.15, 0.2) is 0 Å².